The monoisotopic (exact) mass is 450 g/mol. The second kappa shape index (κ2) is 8.48. The standard InChI is InChI=1S/C23H30N2O3S.ClH/c1-23(2,3)19-7-9-20(10-8-19)29(27,28)12-11-24-14-17-13-18(16-24)21-5-4-6-22(26)25(21)15-17;/h4-10,17-18H,11-16H2,1-3H3;1H/t17-,18-;/m0./s1. The van der Waals surface area contributed by atoms with Gasteiger partial charge in [-0.25, -0.2) is 8.42 Å². The number of rotatable bonds is 4. The Bertz CT molecular complexity index is 1060. The molecule has 0 aliphatic carbocycles. The molecule has 30 heavy (non-hydrogen) atoms. The molecule has 7 heteroatoms. The molecule has 0 amide bonds. The van der Waals surface area contributed by atoms with Crippen LogP contribution in [0.1, 0.15) is 44.4 Å². The maximum Gasteiger partial charge on any atom is 0.250 e. The summed E-state index contributed by atoms with van der Waals surface area (Å²) < 4.78 is 27.6. The van der Waals surface area contributed by atoms with Crippen LogP contribution in [-0.4, -0.2) is 43.3 Å². The highest BCUT2D eigenvalue weighted by molar-refractivity contribution is 7.91. The van der Waals surface area contributed by atoms with Gasteiger partial charge >= 0.3 is 0 Å². The molecule has 1 aromatic heterocycles. The van der Waals surface area contributed by atoms with Crippen molar-refractivity contribution in [3.05, 3.63) is 64.1 Å². The average Bonchev–Trinajstić information content (AvgIpc) is 2.67. The number of hydrogen-bond donors (Lipinski definition) is 0. The summed E-state index contributed by atoms with van der Waals surface area (Å²) in [5.41, 5.74) is 2.31. The van der Waals surface area contributed by atoms with E-state index in [-0.39, 0.29) is 29.1 Å². The summed E-state index contributed by atoms with van der Waals surface area (Å²) in [4.78, 5) is 14.8. The zero-order chi connectivity index (χ0) is 20.8. The smallest absolute Gasteiger partial charge is 0.250 e. The summed E-state index contributed by atoms with van der Waals surface area (Å²) in [5, 5.41) is 0. The molecule has 1 saturated heterocycles. The molecule has 0 saturated carbocycles. The SMILES string of the molecule is CC(C)(C)c1ccc(S(=O)(=O)CCN2C[C@@H]3C[C@@H](C2)c2cccc(=O)n2C3)cc1.Cl. The van der Waals surface area contributed by atoms with E-state index in [1.165, 1.54) is 0 Å². The normalized spacial score (nSPS) is 21.6. The number of sulfone groups is 1. The molecule has 1 fully saturated rings. The number of fused-ring (bicyclic) bond motifs is 4. The molecule has 4 rings (SSSR count). The molecule has 2 aromatic rings. The highest BCUT2D eigenvalue weighted by Crippen LogP contribution is 2.35. The van der Waals surface area contributed by atoms with Crippen LogP contribution in [0.15, 0.2) is 52.2 Å². The zero-order valence-corrected chi connectivity index (χ0v) is 19.5. The number of pyridine rings is 1. The second-order valence-corrected chi connectivity index (χ2v) is 11.7. The van der Waals surface area contributed by atoms with Crippen molar-refractivity contribution in [1.29, 1.82) is 0 Å². The second-order valence-electron chi connectivity index (χ2n) is 9.55. The van der Waals surface area contributed by atoms with E-state index in [2.05, 4.69) is 25.7 Å². The van der Waals surface area contributed by atoms with E-state index in [9.17, 15) is 13.2 Å². The van der Waals surface area contributed by atoms with E-state index in [1.807, 2.05) is 28.8 Å². The van der Waals surface area contributed by atoms with Gasteiger partial charge in [0.15, 0.2) is 9.84 Å². The number of likely N-dealkylation sites (tertiary alicyclic amines) is 1. The third-order valence-electron chi connectivity index (χ3n) is 6.31. The first-order valence-corrected chi connectivity index (χ1v) is 12.0. The van der Waals surface area contributed by atoms with E-state index in [1.54, 1.807) is 18.2 Å². The van der Waals surface area contributed by atoms with Crippen molar-refractivity contribution >= 4 is 22.2 Å². The molecule has 2 aliphatic heterocycles. The maximum atomic E-state index is 12.9. The van der Waals surface area contributed by atoms with Crippen molar-refractivity contribution in [1.82, 2.24) is 9.47 Å². The summed E-state index contributed by atoms with van der Waals surface area (Å²) in [6.45, 7) is 9.31. The summed E-state index contributed by atoms with van der Waals surface area (Å²) in [7, 11) is -3.31. The Balaban J connectivity index is 0.00000256. The van der Waals surface area contributed by atoms with Crippen LogP contribution in [0.25, 0.3) is 0 Å². The maximum absolute atomic E-state index is 12.9. The van der Waals surface area contributed by atoms with Crippen molar-refractivity contribution in [3.8, 4) is 0 Å². The van der Waals surface area contributed by atoms with Gasteiger partial charge in [0, 0.05) is 43.9 Å². The molecule has 2 atom stereocenters. The van der Waals surface area contributed by atoms with Crippen LogP contribution in [0, 0.1) is 5.92 Å². The predicted octanol–water partition coefficient (Wildman–Crippen LogP) is 3.46. The van der Waals surface area contributed by atoms with Gasteiger partial charge in [0.2, 0.25) is 0 Å². The number of aromatic nitrogens is 1. The third-order valence-corrected chi connectivity index (χ3v) is 8.02. The fourth-order valence-corrected chi connectivity index (χ4v) is 5.99. The Hall–Kier alpha value is -1.63. The topological polar surface area (TPSA) is 59.4 Å². The van der Waals surface area contributed by atoms with E-state index in [4.69, 9.17) is 0 Å². The average molecular weight is 451 g/mol. The first-order chi connectivity index (χ1) is 13.6. The fraction of sp³-hybridized carbons (Fsp3) is 0.522. The van der Waals surface area contributed by atoms with E-state index >= 15 is 0 Å². The van der Waals surface area contributed by atoms with E-state index in [0.29, 0.717) is 23.3 Å². The number of hydrogen-bond acceptors (Lipinski definition) is 4. The summed E-state index contributed by atoms with van der Waals surface area (Å²) >= 11 is 0. The molecule has 0 N–H and O–H groups in total. The van der Waals surface area contributed by atoms with Crippen LogP contribution < -0.4 is 5.56 Å². The third kappa shape index (κ3) is 4.66. The first-order valence-electron chi connectivity index (χ1n) is 10.4. The lowest BCUT2D eigenvalue weighted by Crippen LogP contribution is -2.48. The minimum atomic E-state index is -3.31. The van der Waals surface area contributed by atoms with Crippen molar-refractivity contribution in [3.63, 3.8) is 0 Å². The summed E-state index contributed by atoms with van der Waals surface area (Å²) in [5.74, 6) is 0.850. The molecule has 5 nitrogen and oxygen atoms in total. The van der Waals surface area contributed by atoms with Crippen molar-refractivity contribution in [2.24, 2.45) is 5.92 Å². The lowest BCUT2D eigenvalue weighted by atomic mass is 9.83. The molecular formula is C23H31ClN2O3S. The highest BCUT2D eigenvalue weighted by Gasteiger charge is 2.34. The van der Waals surface area contributed by atoms with Gasteiger partial charge < -0.3 is 9.47 Å². The molecule has 2 bridgehead atoms. The Morgan fingerprint density at radius 1 is 1.00 bits per heavy atom. The lowest BCUT2D eigenvalue weighted by molar-refractivity contribution is 0.126. The molecule has 0 unspecified atom stereocenters. The zero-order valence-electron chi connectivity index (χ0n) is 17.9. The molecule has 1 aromatic carbocycles. The quantitative estimate of drug-likeness (QED) is 0.715. The molecular weight excluding hydrogens is 420 g/mol. The van der Waals surface area contributed by atoms with Gasteiger partial charge in [-0.1, -0.05) is 39.0 Å². The molecule has 164 valence electrons. The van der Waals surface area contributed by atoms with Crippen molar-refractivity contribution in [2.75, 3.05) is 25.4 Å². The highest BCUT2D eigenvalue weighted by atomic mass is 35.5. The van der Waals surface area contributed by atoms with Crippen molar-refractivity contribution < 1.29 is 8.42 Å². The molecule has 2 aliphatic rings. The van der Waals surface area contributed by atoms with E-state index in [0.717, 1.165) is 37.3 Å². The largest absolute Gasteiger partial charge is 0.312 e. The Morgan fingerprint density at radius 3 is 2.37 bits per heavy atom. The molecule has 3 heterocycles. The first kappa shape index (κ1) is 23.0. The summed E-state index contributed by atoms with van der Waals surface area (Å²) in [6.07, 6.45) is 1.08. The van der Waals surface area contributed by atoms with Gasteiger partial charge in [-0.15, -0.1) is 12.4 Å². The lowest BCUT2D eigenvalue weighted by Gasteiger charge is -2.42. The van der Waals surface area contributed by atoms with Gasteiger partial charge in [0.25, 0.3) is 5.56 Å². The molecule has 0 radical (unpaired) electrons. The van der Waals surface area contributed by atoms with Gasteiger partial charge in [-0.2, -0.15) is 0 Å². The van der Waals surface area contributed by atoms with Crippen LogP contribution in [0.5, 0.6) is 0 Å². The Labute approximate surface area is 185 Å². The van der Waals surface area contributed by atoms with Crippen LogP contribution in [0.2, 0.25) is 0 Å². The van der Waals surface area contributed by atoms with Gasteiger partial charge in [-0.3, -0.25) is 4.79 Å². The van der Waals surface area contributed by atoms with Crippen LogP contribution in [0.3, 0.4) is 0 Å². The van der Waals surface area contributed by atoms with Crippen LogP contribution in [-0.2, 0) is 21.8 Å². The fourth-order valence-electron chi connectivity index (χ4n) is 4.71. The van der Waals surface area contributed by atoms with Crippen LogP contribution >= 0.6 is 12.4 Å². The minimum Gasteiger partial charge on any atom is -0.312 e. The van der Waals surface area contributed by atoms with Crippen molar-refractivity contribution in [2.45, 2.75) is 50.0 Å². The Kier molecular flexibility index (Phi) is 6.51. The van der Waals surface area contributed by atoms with Gasteiger partial charge in [-0.05, 0) is 41.5 Å². The van der Waals surface area contributed by atoms with Gasteiger partial charge in [0.05, 0.1) is 10.6 Å². The number of halogens is 1. The molecule has 0 spiro atoms. The number of nitrogens with zero attached hydrogens (tertiary/aromatic N) is 2. The Morgan fingerprint density at radius 2 is 1.70 bits per heavy atom. The summed E-state index contributed by atoms with van der Waals surface area (Å²) in [6, 6.07) is 12.8. The number of piperidine rings is 1. The van der Waals surface area contributed by atoms with Gasteiger partial charge in [0.1, 0.15) is 0 Å². The van der Waals surface area contributed by atoms with Crippen LogP contribution in [0.4, 0.5) is 0 Å². The predicted molar refractivity (Wildman–Crippen MR) is 122 cm³/mol. The van der Waals surface area contributed by atoms with E-state index < -0.39 is 9.84 Å². The minimum absolute atomic E-state index is 0. The number of benzene rings is 1.